The third-order valence-electron chi connectivity index (χ3n) is 4.32. The average Bonchev–Trinajstić information content (AvgIpc) is 2.60. The van der Waals surface area contributed by atoms with Gasteiger partial charge in [0.15, 0.2) is 11.6 Å². The number of benzene rings is 2. The van der Waals surface area contributed by atoms with E-state index in [4.69, 9.17) is 23.2 Å². The topological polar surface area (TPSA) is 23.6 Å². The Kier molecular flexibility index (Phi) is 5.16. The molecule has 3 nitrogen and oxygen atoms in total. The van der Waals surface area contributed by atoms with Gasteiger partial charge < -0.3 is 9.80 Å². The van der Waals surface area contributed by atoms with Crippen molar-refractivity contribution in [1.29, 1.82) is 0 Å². The fourth-order valence-electron chi connectivity index (χ4n) is 2.93. The first-order valence-corrected chi connectivity index (χ1v) is 8.57. The molecule has 0 radical (unpaired) electrons. The fraction of sp³-hybridized carbons (Fsp3) is 0.278. The molecule has 7 heteroatoms. The van der Waals surface area contributed by atoms with Crippen LogP contribution >= 0.6 is 23.2 Å². The largest absolute Gasteiger partial charge is 0.368 e. The summed E-state index contributed by atoms with van der Waals surface area (Å²) in [5.41, 5.74) is 2.12. The van der Waals surface area contributed by atoms with Gasteiger partial charge in [-0.1, -0.05) is 29.3 Å². The lowest BCUT2D eigenvalue weighted by molar-refractivity contribution is 0.0746. The molecule has 1 aliphatic heterocycles. The molecule has 2 aromatic rings. The Labute approximate surface area is 154 Å². The van der Waals surface area contributed by atoms with Gasteiger partial charge in [-0.2, -0.15) is 0 Å². The molecule has 0 saturated carbocycles. The number of nitrogens with zero attached hydrogens (tertiary/aromatic N) is 2. The highest BCUT2D eigenvalue weighted by Gasteiger charge is 2.25. The van der Waals surface area contributed by atoms with E-state index in [0.29, 0.717) is 31.2 Å². The van der Waals surface area contributed by atoms with Gasteiger partial charge in [0.05, 0.1) is 10.6 Å². The van der Waals surface area contributed by atoms with Crippen LogP contribution in [0.1, 0.15) is 15.9 Å². The van der Waals surface area contributed by atoms with Gasteiger partial charge in [0, 0.05) is 36.9 Å². The average molecular weight is 385 g/mol. The van der Waals surface area contributed by atoms with E-state index in [1.807, 2.05) is 25.1 Å². The van der Waals surface area contributed by atoms with Gasteiger partial charge in [-0.25, -0.2) is 8.78 Å². The number of aryl methyl sites for hydroxylation is 1. The normalized spacial score (nSPS) is 14.8. The van der Waals surface area contributed by atoms with Gasteiger partial charge >= 0.3 is 0 Å². The zero-order chi connectivity index (χ0) is 18.1. The van der Waals surface area contributed by atoms with Crippen LogP contribution in [0.15, 0.2) is 30.3 Å². The molecule has 2 aromatic carbocycles. The van der Waals surface area contributed by atoms with Crippen LogP contribution in [0, 0.1) is 18.6 Å². The zero-order valence-corrected chi connectivity index (χ0v) is 15.0. The summed E-state index contributed by atoms with van der Waals surface area (Å²) in [6.07, 6.45) is 0. The first-order chi connectivity index (χ1) is 11.9. The number of hydrogen-bond acceptors (Lipinski definition) is 2. The van der Waals surface area contributed by atoms with E-state index in [2.05, 4.69) is 4.90 Å². The number of piperazine rings is 1. The summed E-state index contributed by atoms with van der Waals surface area (Å²) in [7, 11) is 0. The van der Waals surface area contributed by atoms with Crippen molar-refractivity contribution >= 4 is 34.8 Å². The molecular weight excluding hydrogens is 369 g/mol. The molecule has 0 atom stereocenters. The lowest BCUT2D eigenvalue weighted by Gasteiger charge is -2.37. The molecule has 0 bridgehead atoms. The molecule has 0 aliphatic carbocycles. The molecule has 132 valence electrons. The molecule has 1 aliphatic rings. The highest BCUT2D eigenvalue weighted by atomic mass is 35.5. The Hall–Kier alpha value is -1.85. The van der Waals surface area contributed by atoms with Gasteiger partial charge in [-0.15, -0.1) is 0 Å². The van der Waals surface area contributed by atoms with Crippen LogP contribution in [0.3, 0.4) is 0 Å². The number of carbonyl (C=O) groups is 1. The van der Waals surface area contributed by atoms with Crippen molar-refractivity contribution in [2.24, 2.45) is 0 Å². The molecule has 1 saturated heterocycles. The van der Waals surface area contributed by atoms with E-state index in [1.165, 1.54) is 0 Å². The van der Waals surface area contributed by atoms with Crippen molar-refractivity contribution in [1.82, 2.24) is 4.90 Å². The molecule has 0 spiro atoms. The second-order valence-electron chi connectivity index (χ2n) is 5.96. The molecule has 0 unspecified atom stereocenters. The molecule has 1 amide bonds. The number of anilines is 1. The summed E-state index contributed by atoms with van der Waals surface area (Å²) >= 11 is 12.0. The minimum absolute atomic E-state index is 0.0204. The summed E-state index contributed by atoms with van der Waals surface area (Å²) < 4.78 is 26.6. The van der Waals surface area contributed by atoms with Gasteiger partial charge in [-0.05, 0) is 36.8 Å². The molecule has 1 fully saturated rings. The van der Waals surface area contributed by atoms with E-state index in [1.54, 1.807) is 4.90 Å². The van der Waals surface area contributed by atoms with Gasteiger partial charge in [0.1, 0.15) is 0 Å². The highest BCUT2D eigenvalue weighted by Crippen LogP contribution is 2.26. The fourth-order valence-corrected chi connectivity index (χ4v) is 3.33. The van der Waals surface area contributed by atoms with Crippen molar-refractivity contribution in [3.8, 4) is 0 Å². The molecule has 3 rings (SSSR count). The predicted molar refractivity (Wildman–Crippen MR) is 95.7 cm³/mol. The Morgan fingerprint density at radius 2 is 1.64 bits per heavy atom. The third-order valence-corrected chi connectivity index (χ3v) is 4.87. The number of amides is 1. The smallest absolute Gasteiger partial charge is 0.255 e. The first kappa shape index (κ1) is 18.0. The minimum atomic E-state index is -1.08. The maximum atomic E-state index is 13.4. The van der Waals surface area contributed by atoms with Crippen LogP contribution in [-0.2, 0) is 0 Å². The van der Waals surface area contributed by atoms with Crippen molar-refractivity contribution < 1.29 is 13.6 Å². The van der Waals surface area contributed by atoms with E-state index < -0.39 is 17.5 Å². The first-order valence-electron chi connectivity index (χ1n) is 7.81. The molecule has 1 heterocycles. The Morgan fingerprint density at radius 3 is 2.32 bits per heavy atom. The van der Waals surface area contributed by atoms with Crippen LogP contribution in [0.2, 0.25) is 10.0 Å². The quantitative estimate of drug-likeness (QED) is 0.709. The highest BCUT2D eigenvalue weighted by molar-refractivity contribution is 6.33. The lowest BCUT2D eigenvalue weighted by atomic mass is 10.1. The summed E-state index contributed by atoms with van der Waals surface area (Å²) in [6.45, 7) is 4.16. The molecular formula is C18H16Cl2F2N2O. The van der Waals surface area contributed by atoms with Crippen LogP contribution in [0.4, 0.5) is 14.5 Å². The van der Waals surface area contributed by atoms with E-state index in [-0.39, 0.29) is 10.6 Å². The van der Waals surface area contributed by atoms with Gasteiger partial charge in [0.25, 0.3) is 5.91 Å². The van der Waals surface area contributed by atoms with Crippen LogP contribution in [-0.4, -0.2) is 37.0 Å². The monoisotopic (exact) mass is 384 g/mol. The Balaban J connectivity index is 1.73. The lowest BCUT2D eigenvalue weighted by Crippen LogP contribution is -2.49. The SMILES string of the molecule is Cc1ccc(Cl)cc1N1CCN(C(=O)c2cc(F)c(F)cc2Cl)CC1. The molecule has 0 aromatic heterocycles. The number of carbonyl (C=O) groups excluding carboxylic acids is 1. The second kappa shape index (κ2) is 7.18. The summed E-state index contributed by atoms with van der Waals surface area (Å²) in [4.78, 5) is 16.3. The molecule has 0 N–H and O–H groups in total. The zero-order valence-electron chi connectivity index (χ0n) is 13.5. The Morgan fingerprint density at radius 1 is 1.00 bits per heavy atom. The summed E-state index contributed by atoms with van der Waals surface area (Å²) in [5, 5.41) is 0.574. The van der Waals surface area contributed by atoms with Crippen LogP contribution in [0.25, 0.3) is 0 Å². The van der Waals surface area contributed by atoms with Crippen LogP contribution < -0.4 is 4.90 Å². The third kappa shape index (κ3) is 3.72. The van der Waals surface area contributed by atoms with E-state index >= 15 is 0 Å². The van der Waals surface area contributed by atoms with Crippen molar-refractivity contribution in [2.45, 2.75) is 6.92 Å². The minimum Gasteiger partial charge on any atom is -0.368 e. The maximum Gasteiger partial charge on any atom is 0.255 e. The van der Waals surface area contributed by atoms with Crippen molar-refractivity contribution in [3.63, 3.8) is 0 Å². The van der Waals surface area contributed by atoms with Gasteiger partial charge in [0.2, 0.25) is 0 Å². The van der Waals surface area contributed by atoms with E-state index in [9.17, 15) is 13.6 Å². The summed E-state index contributed by atoms with van der Waals surface area (Å²) in [5.74, 6) is -2.55. The molecule has 25 heavy (non-hydrogen) atoms. The van der Waals surface area contributed by atoms with Crippen LogP contribution in [0.5, 0.6) is 0 Å². The second-order valence-corrected chi connectivity index (χ2v) is 6.80. The standard InChI is InChI=1S/C18H16Cl2F2N2O/c1-11-2-3-12(19)8-17(11)23-4-6-24(7-5-23)18(25)13-9-15(21)16(22)10-14(13)20/h2-3,8-10H,4-7H2,1H3. The van der Waals surface area contributed by atoms with Gasteiger partial charge in [-0.3, -0.25) is 4.79 Å². The Bertz CT molecular complexity index is 821. The van der Waals surface area contributed by atoms with Crippen molar-refractivity contribution in [2.75, 3.05) is 31.1 Å². The summed E-state index contributed by atoms with van der Waals surface area (Å²) in [6, 6.07) is 7.38. The maximum absolute atomic E-state index is 13.4. The number of hydrogen-bond donors (Lipinski definition) is 0. The predicted octanol–water partition coefficient (Wildman–Crippen LogP) is 4.54. The number of halogens is 4. The number of rotatable bonds is 2. The van der Waals surface area contributed by atoms with E-state index in [0.717, 1.165) is 23.4 Å². The van der Waals surface area contributed by atoms with Crippen molar-refractivity contribution in [3.05, 3.63) is 63.1 Å².